The molecule has 0 unspecified atom stereocenters. The first-order chi connectivity index (χ1) is 4.63. The molecule has 0 saturated heterocycles. The van der Waals surface area contributed by atoms with Gasteiger partial charge in [-0.05, 0) is 18.8 Å². The first kappa shape index (κ1) is 7.12. The Morgan fingerprint density at radius 2 is 2.30 bits per heavy atom. The molecule has 0 aromatic rings. The highest BCUT2D eigenvalue weighted by atomic mass is 14.7. The lowest BCUT2D eigenvalue weighted by Crippen LogP contribution is -2.18. The number of hydrogen-bond donors (Lipinski definition) is 3. The van der Waals surface area contributed by atoms with E-state index in [2.05, 4.69) is 6.92 Å². The molecule has 1 aliphatic rings. The Kier molecular flexibility index (Phi) is 1.66. The van der Waals surface area contributed by atoms with Crippen LogP contribution in [-0.2, 0) is 0 Å². The molecule has 0 fully saturated rings. The zero-order chi connectivity index (χ0) is 7.72. The van der Waals surface area contributed by atoms with E-state index in [0.29, 0.717) is 5.92 Å². The molecule has 5 N–H and O–H groups in total. The molecule has 0 aromatic heterocycles. The third-order valence-corrected chi connectivity index (χ3v) is 1.98. The third kappa shape index (κ3) is 0.988. The lowest BCUT2D eigenvalue weighted by molar-refractivity contribution is 0.683. The van der Waals surface area contributed by atoms with Crippen molar-refractivity contribution in [1.82, 2.24) is 0 Å². The van der Waals surface area contributed by atoms with Crippen LogP contribution in [0.2, 0.25) is 0 Å². The average molecular weight is 139 g/mol. The minimum absolute atomic E-state index is 0.141. The SMILES string of the molecule is C[C@@H]1CCC(N)=C1C(=N)N. The maximum Gasteiger partial charge on any atom is 0.120 e. The van der Waals surface area contributed by atoms with E-state index in [1.165, 1.54) is 0 Å². The fourth-order valence-electron chi connectivity index (χ4n) is 1.41. The molecule has 0 amide bonds. The molecule has 0 aliphatic heterocycles. The number of nitrogens with two attached hydrogens (primary N) is 2. The molecule has 0 spiro atoms. The highest BCUT2D eigenvalue weighted by Crippen LogP contribution is 2.27. The second kappa shape index (κ2) is 2.33. The topological polar surface area (TPSA) is 75.9 Å². The molecule has 0 aromatic carbocycles. The summed E-state index contributed by atoms with van der Waals surface area (Å²) in [5.74, 6) is 0.528. The van der Waals surface area contributed by atoms with Crippen LogP contribution in [0.4, 0.5) is 0 Å². The van der Waals surface area contributed by atoms with Crippen LogP contribution in [0.3, 0.4) is 0 Å². The summed E-state index contributed by atoms with van der Waals surface area (Å²) in [6.07, 6.45) is 1.94. The number of nitrogens with one attached hydrogen (secondary N) is 1. The Morgan fingerprint density at radius 3 is 2.50 bits per heavy atom. The van der Waals surface area contributed by atoms with Crippen LogP contribution in [0.15, 0.2) is 11.3 Å². The van der Waals surface area contributed by atoms with E-state index in [1.54, 1.807) is 0 Å². The number of rotatable bonds is 1. The van der Waals surface area contributed by atoms with Crippen LogP contribution in [0, 0.1) is 11.3 Å². The first-order valence-electron chi connectivity index (χ1n) is 3.46. The van der Waals surface area contributed by atoms with Gasteiger partial charge in [-0.15, -0.1) is 0 Å². The summed E-state index contributed by atoms with van der Waals surface area (Å²) in [6, 6.07) is 0. The normalized spacial score (nSPS) is 25.5. The van der Waals surface area contributed by atoms with E-state index in [1.807, 2.05) is 0 Å². The predicted octanol–water partition coefficient (Wildman–Crippen LogP) is 0.565. The molecule has 1 atom stereocenters. The van der Waals surface area contributed by atoms with Gasteiger partial charge < -0.3 is 11.5 Å². The zero-order valence-electron chi connectivity index (χ0n) is 6.15. The molecular weight excluding hydrogens is 126 g/mol. The van der Waals surface area contributed by atoms with Gasteiger partial charge in [0.2, 0.25) is 0 Å². The van der Waals surface area contributed by atoms with Crippen molar-refractivity contribution < 1.29 is 0 Å². The molecule has 1 aliphatic carbocycles. The largest absolute Gasteiger partial charge is 0.402 e. The van der Waals surface area contributed by atoms with Crippen molar-refractivity contribution in [3.63, 3.8) is 0 Å². The minimum atomic E-state index is 0.141. The highest BCUT2D eigenvalue weighted by molar-refractivity contribution is 5.95. The van der Waals surface area contributed by atoms with Gasteiger partial charge >= 0.3 is 0 Å². The zero-order valence-corrected chi connectivity index (χ0v) is 6.15. The van der Waals surface area contributed by atoms with Crippen LogP contribution in [0.25, 0.3) is 0 Å². The molecular formula is C7H13N3. The van der Waals surface area contributed by atoms with Gasteiger partial charge in [0, 0.05) is 11.3 Å². The summed E-state index contributed by atoms with van der Waals surface area (Å²) in [6.45, 7) is 2.05. The van der Waals surface area contributed by atoms with Gasteiger partial charge in [0.25, 0.3) is 0 Å². The van der Waals surface area contributed by atoms with Gasteiger partial charge in [-0.3, -0.25) is 5.41 Å². The van der Waals surface area contributed by atoms with E-state index in [4.69, 9.17) is 16.9 Å². The lowest BCUT2D eigenvalue weighted by atomic mass is 10.0. The molecule has 10 heavy (non-hydrogen) atoms. The third-order valence-electron chi connectivity index (χ3n) is 1.98. The maximum atomic E-state index is 7.19. The fraction of sp³-hybridized carbons (Fsp3) is 0.571. The Bertz CT molecular complexity index is 193. The summed E-state index contributed by atoms with van der Waals surface area (Å²) < 4.78 is 0. The second-order valence-corrected chi connectivity index (χ2v) is 2.79. The quantitative estimate of drug-likeness (QED) is 0.367. The van der Waals surface area contributed by atoms with E-state index in [9.17, 15) is 0 Å². The number of hydrogen-bond acceptors (Lipinski definition) is 2. The van der Waals surface area contributed by atoms with E-state index < -0.39 is 0 Å². The van der Waals surface area contributed by atoms with Crippen molar-refractivity contribution in [2.75, 3.05) is 0 Å². The predicted molar refractivity (Wildman–Crippen MR) is 41.5 cm³/mol. The van der Waals surface area contributed by atoms with E-state index >= 15 is 0 Å². The van der Waals surface area contributed by atoms with Crippen molar-refractivity contribution in [3.05, 3.63) is 11.3 Å². The Hall–Kier alpha value is -0.990. The lowest BCUT2D eigenvalue weighted by Gasteiger charge is -2.05. The Balaban J connectivity index is 2.88. The van der Waals surface area contributed by atoms with Crippen molar-refractivity contribution in [2.45, 2.75) is 19.8 Å². The summed E-state index contributed by atoms with van der Waals surface area (Å²) in [5, 5.41) is 7.19. The fourth-order valence-corrected chi connectivity index (χ4v) is 1.41. The maximum absolute atomic E-state index is 7.19. The van der Waals surface area contributed by atoms with Gasteiger partial charge in [-0.25, -0.2) is 0 Å². The summed E-state index contributed by atoms with van der Waals surface area (Å²) in [5.41, 5.74) is 12.6. The molecule has 0 radical (unpaired) electrons. The van der Waals surface area contributed by atoms with E-state index in [0.717, 1.165) is 24.1 Å². The number of amidine groups is 1. The number of allylic oxidation sites excluding steroid dienone is 1. The van der Waals surface area contributed by atoms with Crippen LogP contribution in [0.1, 0.15) is 19.8 Å². The second-order valence-electron chi connectivity index (χ2n) is 2.79. The Morgan fingerprint density at radius 1 is 1.70 bits per heavy atom. The van der Waals surface area contributed by atoms with Gasteiger partial charge in [-0.1, -0.05) is 6.92 Å². The molecule has 1 rings (SSSR count). The first-order valence-corrected chi connectivity index (χ1v) is 3.46. The Labute approximate surface area is 60.6 Å². The molecule has 3 heteroatoms. The van der Waals surface area contributed by atoms with Crippen molar-refractivity contribution in [1.29, 1.82) is 5.41 Å². The van der Waals surface area contributed by atoms with Crippen LogP contribution in [-0.4, -0.2) is 5.84 Å². The van der Waals surface area contributed by atoms with Gasteiger partial charge in [0.15, 0.2) is 0 Å². The molecule has 0 bridgehead atoms. The smallest absolute Gasteiger partial charge is 0.120 e. The summed E-state index contributed by atoms with van der Waals surface area (Å²) in [4.78, 5) is 0. The van der Waals surface area contributed by atoms with Crippen LogP contribution < -0.4 is 11.5 Å². The van der Waals surface area contributed by atoms with Gasteiger partial charge in [0.1, 0.15) is 5.84 Å². The molecule has 56 valence electrons. The van der Waals surface area contributed by atoms with Crippen molar-refractivity contribution in [2.24, 2.45) is 17.4 Å². The molecule has 0 heterocycles. The van der Waals surface area contributed by atoms with Crippen LogP contribution >= 0.6 is 0 Å². The summed E-state index contributed by atoms with van der Waals surface area (Å²) in [7, 11) is 0. The van der Waals surface area contributed by atoms with Crippen LogP contribution in [0.5, 0.6) is 0 Å². The van der Waals surface area contributed by atoms with Gasteiger partial charge in [-0.2, -0.15) is 0 Å². The van der Waals surface area contributed by atoms with Crippen molar-refractivity contribution >= 4 is 5.84 Å². The minimum Gasteiger partial charge on any atom is -0.402 e. The summed E-state index contributed by atoms with van der Waals surface area (Å²) >= 11 is 0. The van der Waals surface area contributed by atoms with E-state index in [-0.39, 0.29) is 5.84 Å². The molecule has 0 saturated carbocycles. The molecule has 3 nitrogen and oxygen atoms in total. The van der Waals surface area contributed by atoms with Gasteiger partial charge in [0.05, 0.1) is 0 Å². The standard InChI is InChI=1S/C7H13N3/c1-4-2-3-5(8)6(4)7(9)10/h4H,2-3,8H2,1H3,(H3,9,10)/t4-/m1/s1. The van der Waals surface area contributed by atoms with Crippen molar-refractivity contribution in [3.8, 4) is 0 Å². The monoisotopic (exact) mass is 139 g/mol. The average Bonchev–Trinajstić information content (AvgIpc) is 2.11. The highest BCUT2D eigenvalue weighted by Gasteiger charge is 2.21.